The number of rotatable bonds is 3. The lowest BCUT2D eigenvalue weighted by Gasteiger charge is -2.23. The van der Waals surface area contributed by atoms with Crippen LogP contribution < -0.4 is 15.4 Å². The minimum Gasteiger partial charge on any atom is -0.479 e. The summed E-state index contributed by atoms with van der Waals surface area (Å²) in [6, 6.07) is 12.9. The molecule has 0 fully saturated rings. The van der Waals surface area contributed by atoms with Gasteiger partial charge in [-0.25, -0.2) is 9.07 Å². The monoisotopic (exact) mass is 436 g/mol. The van der Waals surface area contributed by atoms with Gasteiger partial charge in [-0.3, -0.25) is 9.59 Å². The van der Waals surface area contributed by atoms with Gasteiger partial charge in [0.25, 0.3) is 11.8 Å². The fourth-order valence-electron chi connectivity index (χ4n) is 3.40. The molecule has 0 spiro atoms. The lowest BCUT2D eigenvalue weighted by Crippen LogP contribution is -2.34. The van der Waals surface area contributed by atoms with Crippen LogP contribution in [0.3, 0.4) is 0 Å². The number of anilines is 2. The first-order chi connectivity index (χ1) is 14.9. The molecule has 0 saturated carbocycles. The Morgan fingerprint density at radius 3 is 2.77 bits per heavy atom. The van der Waals surface area contributed by atoms with E-state index in [4.69, 9.17) is 4.74 Å². The lowest BCUT2D eigenvalue weighted by molar-refractivity contribution is -0.122. The second kappa shape index (κ2) is 7.21. The molecule has 5 rings (SSSR count). The van der Waals surface area contributed by atoms with E-state index in [0.29, 0.717) is 27.7 Å². The first kappa shape index (κ1) is 19.3. The summed E-state index contributed by atoms with van der Waals surface area (Å²) in [6.45, 7) is 3.54. The largest absolute Gasteiger partial charge is 0.479 e. The Bertz CT molecular complexity index is 1340. The van der Waals surface area contributed by atoms with Crippen LogP contribution in [-0.4, -0.2) is 27.7 Å². The third-order valence-corrected chi connectivity index (χ3v) is 6.12. The maximum atomic E-state index is 13.3. The van der Waals surface area contributed by atoms with Crippen LogP contribution in [0.1, 0.15) is 22.3 Å². The number of nitrogens with one attached hydrogen (secondary N) is 2. The molecular weight excluding hydrogens is 419 g/mol. The molecule has 9 heteroatoms. The Hall–Kier alpha value is -3.72. The zero-order valence-electron chi connectivity index (χ0n) is 16.6. The number of benzene rings is 2. The van der Waals surface area contributed by atoms with Crippen molar-refractivity contribution in [2.24, 2.45) is 0 Å². The van der Waals surface area contributed by atoms with Crippen molar-refractivity contribution in [3.63, 3.8) is 0 Å². The molecule has 0 radical (unpaired) electrons. The quantitative estimate of drug-likeness (QED) is 0.495. The molecule has 0 aliphatic carbocycles. The average molecular weight is 436 g/mol. The number of amides is 2. The fourth-order valence-corrected chi connectivity index (χ4v) is 4.47. The molecule has 3 heterocycles. The molecule has 1 aliphatic heterocycles. The highest BCUT2D eigenvalue weighted by Crippen LogP contribution is 2.34. The van der Waals surface area contributed by atoms with Gasteiger partial charge >= 0.3 is 0 Å². The van der Waals surface area contributed by atoms with Crippen molar-refractivity contribution in [1.82, 2.24) is 9.78 Å². The number of halogens is 1. The highest BCUT2D eigenvalue weighted by atomic mass is 32.1. The van der Waals surface area contributed by atoms with Crippen molar-refractivity contribution in [2.75, 3.05) is 10.6 Å². The van der Waals surface area contributed by atoms with Gasteiger partial charge in [-0.05, 0) is 62.4 Å². The fraction of sp³-hybridized carbons (Fsp3) is 0.136. The van der Waals surface area contributed by atoms with Gasteiger partial charge < -0.3 is 15.4 Å². The Balaban J connectivity index is 1.43. The Morgan fingerprint density at radius 2 is 2.00 bits per heavy atom. The van der Waals surface area contributed by atoms with E-state index >= 15 is 0 Å². The predicted octanol–water partition coefficient (Wildman–Crippen LogP) is 4.51. The van der Waals surface area contributed by atoms with Crippen LogP contribution >= 0.6 is 11.3 Å². The molecule has 2 aromatic heterocycles. The minimum absolute atomic E-state index is 0.235. The van der Waals surface area contributed by atoms with Crippen LogP contribution in [-0.2, 0) is 4.79 Å². The van der Waals surface area contributed by atoms with E-state index < -0.39 is 6.10 Å². The summed E-state index contributed by atoms with van der Waals surface area (Å²) >= 11 is 1.30. The van der Waals surface area contributed by atoms with Gasteiger partial charge in [0.15, 0.2) is 6.10 Å². The smallest absolute Gasteiger partial charge is 0.265 e. The second-order valence-corrected chi connectivity index (χ2v) is 8.25. The van der Waals surface area contributed by atoms with E-state index in [9.17, 15) is 14.0 Å². The molecule has 1 atom stereocenters. The molecule has 156 valence electrons. The van der Waals surface area contributed by atoms with E-state index in [-0.39, 0.29) is 17.6 Å². The highest BCUT2D eigenvalue weighted by molar-refractivity contribution is 7.20. The van der Waals surface area contributed by atoms with Gasteiger partial charge in [0.05, 0.1) is 21.9 Å². The Labute approximate surface area is 180 Å². The number of fused-ring (bicyclic) bond motifs is 2. The van der Waals surface area contributed by atoms with Crippen molar-refractivity contribution >= 4 is 44.7 Å². The van der Waals surface area contributed by atoms with Gasteiger partial charge in [0, 0.05) is 11.1 Å². The minimum atomic E-state index is -0.560. The zero-order valence-corrected chi connectivity index (χ0v) is 17.4. The normalized spacial score (nSPS) is 15.3. The van der Waals surface area contributed by atoms with Gasteiger partial charge in [-0.15, -0.1) is 11.3 Å². The molecule has 2 amide bonds. The van der Waals surface area contributed by atoms with Crippen LogP contribution in [0.15, 0.2) is 48.5 Å². The molecule has 4 aromatic rings. The molecule has 0 saturated heterocycles. The third-order valence-electron chi connectivity index (χ3n) is 5.01. The van der Waals surface area contributed by atoms with Crippen molar-refractivity contribution in [3.8, 4) is 11.4 Å². The van der Waals surface area contributed by atoms with Crippen LogP contribution in [0.25, 0.3) is 15.9 Å². The van der Waals surface area contributed by atoms with E-state index in [0.717, 1.165) is 15.9 Å². The summed E-state index contributed by atoms with van der Waals surface area (Å²) in [6.07, 6.45) is -0.560. The van der Waals surface area contributed by atoms with Crippen molar-refractivity contribution < 1.29 is 18.7 Å². The van der Waals surface area contributed by atoms with Crippen molar-refractivity contribution in [2.45, 2.75) is 20.0 Å². The highest BCUT2D eigenvalue weighted by Gasteiger charge is 2.24. The molecule has 2 aromatic carbocycles. The summed E-state index contributed by atoms with van der Waals surface area (Å²) < 4.78 is 20.5. The first-order valence-corrected chi connectivity index (χ1v) is 10.4. The van der Waals surface area contributed by atoms with Crippen LogP contribution in [0.2, 0.25) is 0 Å². The van der Waals surface area contributed by atoms with Gasteiger partial charge in [-0.1, -0.05) is 0 Å². The number of carbonyl (C=O) groups excluding carboxylic acids is 2. The van der Waals surface area contributed by atoms with E-state index in [1.165, 1.54) is 23.5 Å². The zero-order chi connectivity index (χ0) is 21.7. The van der Waals surface area contributed by atoms with Crippen LogP contribution in [0.5, 0.6) is 5.75 Å². The lowest BCUT2D eigenvalue weighted by atomic mass is 10.2. The van der Waals surface area contributed by atoms with E-state index in [1.54, 1.807) is 48.0 Å². The number of hydrogen-bond acceptors (Lipinski definition) is 5. The van der Waals surface area contributed by atoms with E-state index in [2.05, 4.69) is 15.7 Å². The molecule has 0 bridgehead atoms. The van der Waals surface area contributed by atoms with E-state index in [1.807, 2.05) is 6.92 Å². The number of aryl methyl sites for hydroxylation is 1. The van der Waals surface area contributed by atoms with Gasteiger partial charge in [0.2, 0.25) is 0 Å². The molecule has 1 aliphatic rings. The number of nitrogens with zero attached hydrogens (tertiary/aromatic N) is 2. The third kappa shape index (κ3) is 3.42. The number of carbonyl (C=O) groups is 2. The maximum Gasteiger partial charge on any atom is 0.265 e. The predicted molar refractivity (Wildman–Crippen MR) is 117 cm³/mol. The first-order valence-electron chi connectivity index (χ1n) is 9.57. The van der Waals surface area contributed by atoms with Crippen LogP contribution in [0, 0.1) is 12.7 Å². The topological polar surface area (TPSA) is 85.3 Å². The summed E-state index contributed by atoms with van der Waals surface area (Å²) in [5.74, 6) is -0.276. The summed E-state index contributed by atoms with van der Waals surface area (Å²) in [5, 5.41) is 11.0. The molecule has 2 N–H and O–H groups in total. The molecule has 7 nitrogen and oxygen atoms in total. The summed E-state index contributed by atoms with van der Waals surface area (Å²) in [5.41, 5.74) is 2.54. The summed E-state index contributed by atoms with van der Waals surface area (Å²) in [4.78, 5) is 26.0. The Kier molecular flexibility index (Phi) is 4.48. The number of hydrogen-bond donors (Lipinski definition) is 2. The number of thiophene rings is 1. The molecular formula is C22H17FN4O3S. The summed E-state index contributed by atoms with van der Waals surface area (Å²) in [7, 11) is 0. The number of ether oxygens (including phenoxy) is 1. The Morgan fingerprint density at radius 1 is 1.23 bits per heavy atom. The van der Waals surface area contributed by atoms with Crippen molar-refractivity contribution in [1.29, 1.82) is 0 Å². The van der Waals surface area contributed by atoms with Crippen LogP contribution in [0.4, 0.5) is 15.8 Å². The molecule has 0 unspecified atom stereocenters. The van der Waals surface area contributed by atoms with Gasteiger partial charge in [0.1, 0.15) is 16.4 Å². The SMILES string of the molecule is Cc1nn(-c2ccc(F)cc2)c2sc(C(=O)Nc3ccc4c(c3)NC(=O)[C@H](C)O4)cc12. The maximum absolute atomic E-state index is 13.3. The average Bonchev–Trinajstić information content (AvgIpc) is 3.31. The molecule has 31 heavy (non-hydrogen) atoms. The van der Waals surface area contributed by atoms with Crippen molar-refractivity contribution in [3.05, 3.63) is 64.9 Å². The standard InChI is InChI=1S/C22H17FN4O3S/c1-11-16-10-19(31-22(16)27(26-11)15-6-3-13(23)4-7-15)21(29)24-14-5-8-18-17(9-14)25-20(28)12(2)30-18/h3-10,12H,1-2H3,(H,24,29)(H,25,28)/t12-/m0/s1. The van der Waals surface area contributed by atoms with Gasteiger partial charge in [-0.2, -0.15) is 5.10 Å². The second-order valence-electron chi connectivity index (χ2n) is 7.22. The number of aromatic nitrogens is 2.